The lowest BCUT2D eigenvalue weighted by molar-refractivity contribution is -0.154. The quantitative estimate of drug-likeness (QED) is 0.470. The Bertz CT molecular complexity index is 837. The van der Waals surface area contributed by atoms with Crippen molar-refractivity contribution in [3.05, 3.63) is 35.7 Å². The number of hydrogen-bond acceptors (Lipinski definition) is 7. The van der Waals surface area contributed by atoms with E-state index in [1.807, 2.05) is 0 Å². The van der Waals surface area contributed by atoms with E-state index >= 15 is 0 Å². The number of nitrogens with two attached hydrogens (primary N) is 1. The number of aliphatic imine (C=N–C) groups is 1. The number of amides is 1. The van der Waals surface area contributed by atoms with Crippen molar-refractivity contribution in [2.75, 3.05) is 13.2 Å². The van der Waals surface area contributed by atoms with E-state index in [0.717, 1.165) is 6.54 Å². The van der Waals surface area contributed by atoms with Gasteiger partial charge in [0.15, 0.2) is 12.9 Å². The van der Waals surface area contributed by atoms with Gasteiger partial charge < -0.3 is 25.8 Å². The number of carboxylic acids is 1. The topological polar surface area (TPSA) is 130 Å². The number of alkyl halides is 3. The molecule has 1 amide bonds. The fourth-order valence-electron chi connectivity index (χ4n) is 2.67. The van der Waals surface area contributed by atoms with Crippen molar-refractivity contribution in [3.63, 3.8) is 0 Å². The number of hydrogen-bond donors (Lipinski definition) is 3. The summed E-state index contributed by atoms with van der Waals surface area (Å²) in [5.74, 6) is -1.80. The molecule has 2 heterocycles. The van der Waals surface area contributed by atoms with Crippen molar-refractivity contribution in [3.8, 4) is 5.88 Å². The summed E-state index contributed by atoms with van der Waals surface area (Å²) in [6.45, 7) is 4.71. The number of carbonyl (C=O) groups excluding carboxylic acids is 1. The summed E-state index contributed by atoms with van der Waals surface area (Å²) in [5.41, 5.74) is 6.16. The minimum Gasteiger partial charge on any atom is -0.477 e. The van der Waals surface area contributed by atoms with Crippen LogP contribution in [0, 0.1) is 0 Å². The molecule has 4 N–H and O–H groups in total. The zero-order chi connectivity index (χ0) is 25.0. The summed E-state index contributed by atoms with van der Waals surface area (Å²) in [6.07, 6.45) is 1.06. The highest BCUT2D eigenvalue weighted by atomic mass is 19.4. The zero-order valence-corrected chi connectivity index (χ0v) is 18.9. The van der Waals surface area contributed by atoms with Gasteiger partial charge in [-0.05, 0) is 31.5 Å². The van der Waals surface area contributed by atoms with Gasteiger partial charge in [-0.2, -0.15) is 13.2 Å². The lowest BCUT2D eigenvalue weighted by Gasteiger charge is -2.34. The molecule has 1 aliphatic rings. The first kappa shape index (κ1) is 27.9. The number of carboxylic acid groups (broad SMARTS) is 1. The van der Waals surface area contributed by atoms with Crippen LogP contribution in [0.5, 0.6) is 5.88 Å². The molecular formula is C21H30F3N5O4. The normalized spacial score (nSPS) is 15.6. The molecule has 0 fully saturated rings. The number of halogens is 3. The Morgan fingerprint density at radius 1 is 1.30 bits per heavy atom. The third kappa shape index (κ3) is 10.8. The van der Waals surface area contributed by atoms with Crippen LogP contribution in [-0.4, -0.2) is 58.2 Å². The van der Waals surface area contributed by atoms with Crippen molar-refractivity contribution >= 4 is 17.6 Å². The van der Waals surface area contributed by atoms with Crippen LogP contribution >= 0.6 is 0 Å². The van der Waals surface area contributed by atoms with Gasteiger partial charge in [-0.25, -0.2) is 14.8 Å². The highest BCUT2D eigenvalue weighted by Gasteiger charge is 2.29. The summed E-state index contributed by atoms with van der Waals surface area (Å²) in [6, 6.07) is 2.82. The number of allylic oxidation sites excluding steroid dienone is 1. The van der Waals surface area contributed by atoms with Crippen LogP contribution in [0.2, 0.25) is 0 Å². The molecule has 9 nitrogen and oxygen atoms in total. The standard InChI is InChI=1S/C16H17F3N4O4.C5H13N/c1-9-5-12(14(25)26)22-15(21-10(2)24)23(9)7-11-3-4-13(20-6-11)27-8-16(17,18)19;1-2-3-4-5-6/h3-6,15H,7-8H2,1-2H3,(H,21,24)(H,25,26);2-6H2,1H3. The number of unbranched alkanes of at least 4 members (excludes halogenated alkanes) is 2. The third-order valence-electron chi connectivity index (χ3n) is 4.25. The molecule has 1 aromatic rings. The highest BCUT2D eigenvalue weighted by molar-refractivity contribution is 6.40. The summed E-state index contributed by atoms with van der Waals surface area (Å²) in [5, 5.41) is 11.7. The molecule has 1 atom stereocenters. The molecule has 0 radical (unpaired) electrons. The van der Waals surface area contributed by atoms with E-state index in [1.165, 1.54) is 50.6 Å². The number of ether oxygens (including phenoxy) is 1. The average molecular weight is 473 g/mol. The smallest absolute Gasteiger partial charge is 0.422 e. The summed E-state index contributed by atoms with van der Waals surface area (Å²) in [7, 11) is 0. The minimum absolute atomic E-state index is 0.174. The van der Waals surface area contributed by atoms with Crippen LogP contribution in [0.1, 0.15) is 45.6 Å². The lowest BCUT2D eigenvalue weighted by Crippen LogP contribution is -2.48. The predicted molar refractivity (Wildman–Crippen MR) is 116 cm³/mol. The van der Waals surface area contributed by atoms with Crippen LogP contribution in [-0.2, 0) is 16.1 Å². The molecule has 0 spiro atoms. The molecule has 0 saturated carbocycles. The molecule has 33 heavy (non-hydrogen) atoms. The molecule has 1 unspecified atom stereocenters. The van der Waals surface area contributed by atoms with Crippen LogP contribution < -0.4 is 15.8 Å². The predicted octanol–water partition coefficient (Wildman–Crippen LogP) is 2.82. The maximum absolute atomic E-state index is 12.2. The molecular weight excluding hydrogens is 443 g/mol. The SMILES string of the molecule is CC(=O)NC1N=C(C(=O)O)C=C(C)N1Cc1ccc(OCC(F)(F)F)nc1.CCCCCN. The van der Waals surface area contributed by atoms with Gasteiger partial charge in [0.2, 0.25) is 11.8 Å². The van der Waals surface area contributed by atoms with E-state index in [4.69, 9.17) is 10.8 Å². The van der Waals surface area contributed by atoms with Gasteiger partial charge in [0, 0.05) is 31.4 Å². The monoisotopic (exact) mass is 473 g/mol. The van der Waals surface area contributed by atoms with Gasteiger partial charge >= 0.3 is 12.1 Å². The Labute approximate surface area is 190 Å². The maximum atomic E-state index is 12.2. The number of nitrogens with zero attached hydrogens (tertiary/aromatic N) is 3. The molecule has 0 aliphatic carbocycles. The lowest BCUT2D eigenvalue weighted by atomic mass is 10.2. The van der Waals surface area contributed by atoms with E-state index in [-0.39, 0.29) is 18.1 Å². The first-order valence-electron chi connectivity index (χ1n) is 10.3. The van der Waals surface area contributed by atoms with E-state index in [9.17, 15) is 22.8 Å². The van der Waals surface area contributed by atoms with Gasteiger partial charge in [-0.1, -0.05) is 25.8 Å². The highest BCUT2D eigenvalue weighted by Crippen LogP contribution is 2.21. The van der Waals surface area contributed by atoms with Crippen molar-refractivity contribution < 1.29 is 32.6 Å². The Hall–Kier alpha value is -3.15. The van der Waals surface area contributed by atoms with Crippen LogP contribution in [0.25, 0.3) is 0 Å². The van der Waals surface area contributed by atoms with E-state index < -0.39 is 30.9 Å². The van der Waals surface area contributed by atoms with Crippen LogP contribution in [0.3, 0.4) is 0 Å². The first-order chi connectivity index (χ1) is 15.5. The Morgan fingerprint density at radius 3 is 2.45 bits per heavy atom. The molecule has 12 heteroatoms. The Balaban J connectivity index is 0.000000801. The second-order valence-electron chi connectivity index (χ2n) is 7.21. The number of aliphatic carboxylic acids is 1. The fourth-order valence-corrected chi connectivity index (χ4v) is 2.67. The Kier molecular flexibility index (Phi) is 11.3. The summed E-state index contributed by atoms with van der Waals surface area (Å²) < 4.78 is 41.0. The number of carbonyl (C=O) groups is 2. The van der Waals surface area contributed by atoms with Crippen LogP contribution in [0.15, 0.2) is 35.1 Å². The van der Waals surface area contributed by atoms with Gasteiger partial charge in [-0.15, -0.1) is 0 Å². The third-order valence-corrected chi connectivity index (χ3v) is 4.25. The van der Waals surface area contributed by atoms with E-state index in [0.29, 0.717) is 11.3 Å². The molecule has 0 bridgehead atoms. The van der Waals surface area contributed by atoms with Crippen molar-refractivity contribution in [1.29, 1.82) is 0 Å². The van der Waals surface area contributed by atoms with Crippen molar-refractivity contribution in [2.24, 2.45) is 10.7 Å². The zero-order valence-electron chi connectivity index (χ0n) is 18.9. The van der Waals surface area contributed by atoms with Gasteiger partial charge in [-0.3, -0.25) is 4.79 Å². The Morgan fingerprint density at radius 2 is 2.00 bits per heavy atom. The van der Waals surface area contributed by atoms with E-state index in [2.05, 4.69) is 27.0 Å². The molecule has 0 aromatic carbocycles. The van der Waals surface area contributed by atoms with Crippen LogP contribution in [0.4, 0.5) is 13.2 Å². The first-order valence-corrected chi connectivity index (χ1v) is 10.3. The van der Waals surface area contributed by atoms with Crippen molar-refractivity contribution in [2.45, 2.75) is 59.0 Å². The second kappa shape index (κ2) is 13.4. The fraction of sp³-hybridized carbons (Fsp3) is 0.524. The number of rotatable bonds is 9. The summed E-state index contributed by atoms with van der Waals surface area (Å²) >= 11 is 0. The maximum Gasteiger partial charge on any atom is 0.422 e. The number of nitrogens with one attached hydrogen (secondary N) is 1. The second-order valence-corrected chi connectivity index (χ2v) is 7.21. The number of pyridine rings is 1. The minimum atomic E-state index is -4.46. The molecule has 184 valence electrons. The summed E-state index contributed by atoms with van der Waals surface area (Å²) in [4.78, 5) is 32.0. The molecule has 1 aliphatic heterocycles. The molecule has 1 aromatic heterocycles. The van der Waals surface area contributed by atoms with Gasteiger partial charge in [0.25, 0.3) is 0 Å². The van der Waals surface area contributed by atoms with E-state index in [1.54, 1.807) is 11.8 Å². The van der Waals surface area contributed by atoms with Crippen molar-refractivity contribution in [1.82, 2.24) is 15.2 Å². The number of aromatic nitrogens is 1. The average Bonchev–Trinajstić information content (AvgIpc) is 2.73. The molecule has 0 saturated heterocycles. The molecule has 2 rings (SSSR count). The van der Waals surface area contributed by atoms with Gasteiger partial charge in [0.1, 0.15) is 5.71 Å². The largest absolute Gasteiger partial charge is 0.477 e. The van der Waals surface area contributed by atoms with Gasteiger partial charge in [0.05, 0.1) is 0 Å².